The molecule has 0 aliphatic rings. The molecule has 0 fully saturated rings. The van der Waals surface area contributed by atoms with E-state index in [1.54, 1.807) is 0 Å². The third-order valence-corrected chi connectivity index (χ3v) is 1.76. The van der Waals surface area contributed by atoms with Crippen LogP contribution in [0, 0.1) is 0 Å². The molecule has 2 unspecified atom stereocenters. The minimum atomic E-state index is -0.620. The molecule has 0 bridgehead atoms. The van der Waals surface area contributed by atoms with Gasteiger partial charge in [0.1, 0.15) is 12.7 Å². The van der Waals surface area contributed by atoms with Crippen molar-refractivity contribution in [1.29, 1.82) is 0 Å². The summed E-state index contributed by atoms with van der Waals surface area (Å²) in [6.45, 7) is 8.37. The Labute approximate surface area is 85.5 Å². The molecule has 0 aromatic heterocycles. The van der Waals surface area contributed by atoms with Gasteiger partial charge in [0.25, 0.3) is 0 Å². The molecule has 14 heavy (non-hydrogen) atoms. The zero-order chi connectivity index (χ0) is 11.0. The average Bonchev–Trinajstić information content (AvgIpc) is 2.15. The molecule has 0 spiro atoms. The summed E-state index contributed by atoms with van der Waals surface area (Å²) in [5.74, 6) is 0. The van der Waals surface area contributed by atoms with Crippen LogP contribution in [0.3, 0.4) is 0 Å². The lowest BCUT2D eigenvalue weighted by Crippen LogP contribution is -2.21. The van der Waals surface area contributed by atoms with Gasteiger partial charge in [-0.25, -0.2) is 4.79 Å². The van der Waals surface area contributed by atoms with Gasteiger partial charge in [0.2, 0.25) is 0 Å². The second-order valence-electron chi connectivity index (χ2n) is 3.16. The molecular weight excluding hydrogens is 184 g/mol. The highest BCUT2D eigenvalue weighted by Crippen LogP contribution is 2.00. The van der Waals surface area contributed by atoms with Crippen molar-refractivity contribution in [3.05, 3.63) is 0 Å². The average molecular weight is 204 g/mol. The van der Waals surface area contributed by atoms with E-state index in [-0.39, 0.29) is 18.8 Å². The molecule has 0 aliphatic carbocycles. The Balaban J connectivity index is 3.53. The first-order chi connectivity index (χ1) is 6.60. The molecule has 0 rings (SSSR count). The Morgan fingerprint density at radius 1 is 1.21 bits per heavy atom. The fraction of sp³-hybridized carbons (Fsp3) is 0.900. The van der Waals surface area contributed by atoms with Gasteiger partial charge in [-0.15, -0.1) is 0 Å². The number of hydrogen-bond acceptors (Lipinski definition) is 4. The molecule has 0 aliphatic heterocycles. The first-order valence-corrected chi connectivity index (χ1v) is 5.05. The van der Waals surface area contributed by atoms with Gasteiger partial charge in [-0.2, -0.15) is 0 Å². The van der Waals surface area contributed by atoms with Crippen LogP contribution in [0.4, 0.5) is 4.79 Å². The van der Waals surface area contributed by atoms with Gasteiger partial charge < -0.3 is 14.2 Å². The Morgan fingerprint density at radius 3 is 2.36 bits per heavy atom. The highest BCUT2D eigenvalue weighted by molar-refractivity contribution is 5.60. The van der Waals surface area contributed by atoms with Crippen LogP contribution in [0.15, 0.2) is 0 Å². The third kappa shape index (κ3) is 6.71. The van der Waals surface area contributed by atoms with Crippen molar-refractivity contribution < 1.29 is 19.0 Å². The summed E-state index contributed by atoms with van der Waals surface area (Å²) < 4.78 is 14.9. The van der Waals surface area contributed by atoms with E-state index in [2.05, 4.69) is 0 Å². The second-order valence-corrected chi connectivity index (χ2v) is 3.16. The van der Waals surface area contributed by atoms with Gasteiger partial charge in [-0.1, -0.05) is 6.92 Å². The van der Waals surface area contributed by atoms with Crippen molar-refractivity contribution in [3.8, 4) is 0 Å². The summed E-state index contributed by atoms with van der Waals surface area (Å²) in [6, 6.07) is 0. The van der Waals surface area contributed by atoms with Crippen molar-refractivity contribution in [3.63, 3.8) is 0 Å². The Morgan fingerprint density at radius 2 is 1.86 bits per heavy atom. The Kier molecular flexibility index (Phi) is 7.20. The smallest absolute Gasteiger partial charge is 0.432 e. The van der Waals surface area contributed by atoms with Crippen molar-refractivity contribution in [2.24, 2.45) is 0 Å². The normalized spacial score (nSPS) is 14.6. The van der Waals surface area contributed by atoms with Gasteiger partial charge in [0, 0.05) is 6.61 Å². The lowest BCUT2D eigenvalue weighted by atomic mass is 10.3. The van der Waals surface area contributed by atoms with Gasteiger partial charge in [0.15, 0.2) is 0 Å². The number of ether oxygens (including phenoxy) is 3. The van der Waals surface area contributed by atoms with Crippen LogP contribution in [-0.2, 0) is 14.2 Å². The van der Waals surface area contributed by atoms with Gasteiger partial charge in [0.05, 0.1) is 6.10 Å². The van der Waals surface area contributed by atoms with Gasteiger partial charge in [-0.05, 0) is 27.2 Å². The van der Waals surface area contributed by atoms with E-state index in [1.807, 2.05) is 27.7 Å². The number of hydrogen-bond donors (Lipinski definition) is 0. The van der Waals surface area contributed by atoms with E-state index in [0.717, 1.165) is 6.42 Å². The maximum absolute atomic E-state index is 11.0. The van der Waals surface area contributed by atoms with Crippen LogP contribution in [0.5, 0.6) is 0 Å². The van der Waals surface area contributed by atoms with E-state index < -0.39 is 6.16 Å². The summed E-state index contributed by atoms with van der Waals surface area (Å²) >= 11 is 0. The predicted molar refractivity (Wildman–Crippen MR) is 53.3 cm³/mol. The van der Waals surface area contributed by atoms with Crippen LogP contribution in [0.1, 0.15) is 34.1 Å². The first-order valence-electron chi connectivity index (χ1n) is 5.05. The summed E-state index contributed by atoms with van der Waals surface area (Å²) in [7, 11) is 0. The van der Waals surface area contributed by atoms with Crippen LogP contribution < -0.4 is 0 Å². The number of carbonyl (C=O) groups excluding carboxylic acids is 1. The Bertz CT molecular complexity index is 158. The highest BCUT2D eigenvalue weighted by Gasteiger charge is 2.10. The zero-order valence-corrected chi connectivity index (χ0v) is 9.41. The molecule has 0 saturated carbocycles. The van der Waals surface area contributed by atoms with Gasteiger partial charge in [-0.3, -0.25) is 0 Å². The second kappa shape index (κ2) is 7.62. The van der Waals surface area contributed by atoms with Crippen molar-refractivity contribution >= 4 is 6.16 Å². The fourth-order valence-corrected chi connectivity index (χ4v) is 0.800. The van der Waals surface area contributed by atoms with Gasteiger partial charge >= 0.3 is 6.16 Å². The molecule has 4 nitrogen and oxygen atoms in total. The molecule has 0 aromatic carbocycles. The van der Waals surface area contributed by atoms with Crippen LogP contribution in [0.25, 0.3) is 0 Å². The maximum atomic E-state index is 11.0. The molecule has 0 N–H and O–H groups in total. The van der Waals surface area contributed by atoms with Crippen molar-refractivity contribution in [2.75, 3.05) is 13.2 Å². The minimum absolute atomic E-state index is 0.0792. The van der Waals surface area contributed by atoms with Crippen molar-refractivity contribution in [2.45, 2.75) is 46.3 Å². The highest BCUT2D eigenvalue weighted by atomic mass is 16.7. The molecule has 0 aromatic rings. The van der Waals surface area contributed by atoms with Crippen molar-refractivity contribution in [1.82, 2.24) is 0 Å². The van der Waals surface area contributed by atoms with E-state index in [0.29, 0.717) is 6.61 Å². The molecular formula is C10H20O4. The van der Waals surface area contributed by atoms with Crippen LogP contribution >= 0.6 is 0 Å². The van der Waals surface area contributed by atoms with E-state index in [9.17, 15) is 4.79 Å². The standard InChI is InChI=1S/C10H20O4/c1-5-8(3)14-10(11)13-7-9(4)12-6-2/h8-9H,5-7H2,1-4H3. The SMILES string of the molecule is CCOC(C)COC(=O)OC(C)CC. The van der Waals surface area contributed by atoms with E-state index >= 15 is 0 Å². The summed E-state index contributed by atoms with van der Waals surface area (Å²) in [6.07, 6.45) is -0.00359. The topological polar surface area (TPSA) is 44.8 Å². The monoisotopic (exact) mass is 204 g/mol. The lowest BCUT2D eigenvalue weighted by molar-refractivity contribution is -0.0160. The van der Waals surface area contributed by atoms with Crippen LogP contribution in [0.2, 0.25) is 0 Å². The largest absolute Gasteiger partial charge is 0.508 e. The number of rotatable bonds is 6. The summed E-state index contributed by atoms with van der Waals surface area (Å²) in [5, 5.41) is 0. The quantitative estimate of drug-likeness (QED) is 0.623. The van der Waals surface area contributed by atoms with E-state index in [1.165, 1.54) is 0 Å². The zero-order valence-electron chi connectivity index (χ0n) is 9.41. The lowest BCUT2D eigenvalue weighted by Gasteiger charge is -2.14. The summed E-state index contributed by atoms with van der Waals surface area (Å²) in [5.41, 5.74) is 0. The van der Waals surface area contributed by atoms with Crippen LogP contribution in [-0.4, -0.2) is 31.6 Å². The molecule has 84 valence electrons. The first kappa shape index (κ1) is 13.2. The predicted octanol–water partition coefficient (Wildman–Crippen LogP) is 2.36. The number of carbonyl (C=O) groups is 1. The molecule has 4 heteroatoms. The maximum Gasteiger partial charge on any atom is 0.508 e. The molecule has 0 radical (unpaired) electrons. The molecule has 0 heterocycles. The fourth-order valence-electron chi connectivity index (χ4n) is 0.800. The summed E-state index contributed by atoms with van der Waals surface area (Å²) in [4.78, 5) is 11.0. The minimum Gasteiger partial charge on any atom is -0.432 e. The van der Waals surface area contributed by atoms with E-state index in [4.69, 9.17) is 14.2 Å². The molecule has 0 amide bonds. The molecule has 0 saturated heterocycles. The Hall–Kier alpha value is -0.770. The molecule has 2 atom stereocenters. The third-order valence-electron chi connectivity index (χ3n) is 1.76.